The molecule has 1 aliphatic heterocycles. The second-order valence-electron chi connectivity index (χ2n) is 8.09. The van der Waals surface area contributed by atoms with Crippen molar-refractivity contribution in [2.45, 2.75) is 19.5 Å². The molecule has 8 heteroatoms. The van der Waals surface area contributed by atoms with Gasteiger partial charge in [0.1, 0.15) is 17.6 Å². The SMILES string of the molecule is O=C(Cn1cnc2c(oc3ccccc32)c1=O)N1CCCN(Cc2ccc(Cl)cc2)CC1. The number of fused-ring (bicyclic) bond motifs is 3. The zero-order valence-electron chi connectivity index (χ0n) is 17.5. The first-order valence-corrected chi connectivity index (χ1v) is 11.1. The summed E-state index contributed by atoms with van der Waals surface area (Å²) in [5, 5.41) is 1.53. The van der Waals surface area contributed by atoms with Gasteiger partial charge in [-0.2, -0.15) is 0 Å². The van der Waals surface area contributed by atoms with Crippen molar-refractivity contribution in [1.29, 1.82) is 0 Å². The second-order valence-corrected chi connectivity index (χ2v) is 8.53. The fourth-order valence-corrected chi connectivity index (χ4v) is 4.33. The molecule has 4 aromatic rings. The summed E-state index contributed by atoms with van der Waals surface area (Å²) in [5.74, 6) is -0.0855. The quantitative estimate of drug-likeness (QED) is 0.475. The Morgan fingerprint density at radius 2 is 1.84 bits per heavy atom. The van der Waals surface area contributed by atoms with Gasteiger partial charge in [-0.3, -0.25) is 19.1 Å². The molecule has 0 N–H and O–H groups in total. The molecule has 2 aromatic heterocycles. The maximum Gasteiger partial charge on any atom is 0.297 e. The Labute approximate surface area is 189 Å². The molecule has 0 bridgehead atoms. The van der Waals surface area contributed by atoms with Crippen LogP contribution in [0.2, 0.25) is 5.02 Å². The lowest BCUT2D eigenvalue weighted by Gasteiger charge is -2.22. The van der Waals surface area contributed by atoms with Crippen molar-refractivity contribution in [3.63, 3.8) is 0 Å². The Kier molecular flexibility index (Phi) is 5.68. The van der Waals surface area contributed by atoms with E-state index in [2.05, 4.69) is 9.88 Å². The van der Waals surface area contributed by atoms with E-state index < -0.39 is 0 Å². The van der Waals surface area contributed by atoms with Crippen LogP contribution in [-0.4, -0.2) is 51.4 Å². The largest absolute Gasteiger partial charge is 0.448 e. The predicted molar refractivity (Wildman–Crippen MR) is 124 cm³/mol. The first kappa shape index (κ1) is 20.7. The van der Waals surface area contributed by atoms with Crippen LogP contribution in [0, 0.1) is 0 Å². The van der Waals surface area contributed by atoms with Gasteiger partial charge in [-0.25, -0.2) is 4.98 Å². The summed E-state index contributed by atoms with van der Waals surface area (Å²) in [4.78, 5) is 34.4. The summed E-state index contributed by atoms with van der Waals surface area (Å²) in [6, 6.07) is 15.3. The van der Waals surface area contributed by atoms with Gasteiger partial charge in [0.25, 0.3) is 5.56 Å². The highest BCUT2D eigenvalue weighted by atomic mass is 35.5. The summed E-state index contributed by atoms with van der Waals surface area (Å²) >= 11 is 5.97. The molecule has 5 rings (SSSR count). The molecule has 1 aliphatic rings. The predicted octanol–water partition coefficient (Wildman–Crippen LogP) is 3.53. The van der Waals surface area contributed by atoms with Crippen LogP contribution in [0.5, 0.6) is 0 Å². The van der Waals surface area contributed by atoms with Crippen LogP contribution in [0.15, 0.2) is 64.1 Å². The molecule has 164 valence electrons. The van der Waals surface area contributed by atoms with E-state index in [1.807, 2.05) is 47.4 Å². The first-order valence-electron chi connectivity index (χ1n) is 10.7. The van der Waals surface area contributed by atoms with Crippen LogP contribution < -0.4 is 5.56 Å². The lowest BCUT2D eigenvalue weighted by Crippen LogP contribution is -2.39. The highest BCUT2D eigenvalue weighted by molar-refractivity contribution is 6.30. The van der Waals surface area contributed by atoms with Crippen LogP contribution in [0.1, 0.15) is 12.0 Å². The van der Waals surface area contributed by atoms with Crippen LogP contribution in [-0.2, 0) is 17.9 Å². The molecule has 3 heterocycles. The molecule has 0 spiro atoms. The Hall–Kier alpha value is -3.16. The third-order valence-electron chi connectivity index (χ3n) is 5.92. The van der Waals surface area contributed by atoms with Crippen molar-refractivity contribution in [3.8, 4) is 0 Å². The lowest BCUT2D eigenvalue weighted by molar-refractivity contribution is -0.131. The van der Waals surface area contributed by atoms with Crippen molar-refractivity contribution in [2.24, 2.45) is 0 Å². The van der Waals surface area contributed by atoms with Crippen molar-refractivity contribution >= 4 is 39.6 Å². The second kappa shape index (κ2) is 8.76. The molecule has 32 heavy (non-hydrogen) atoms. The molecule has 0 aliphatic carbocycles. The molecule has 0 radical (unpaired) electrons. The molecule has 0 atom stereocenters. The zero-order chi connectivity index (χ0) is 22.1. The molecule has 0 saturated carbocycles. The van der Waals surface area contributed by atoms with E-state index in [0.29, 0.717) is 24.2 Å². The van der Waals surface area contributed by atoms with Gasteiger partial charge >= 0.3 is 0 Å². The fraction of sp³-hybridized carbons (Fsp3) is 0.292. The minimum atomic E-state index is -0.335. The molecule has 1 saturated heterocycles. The van der Waals surface area contributed by atoms with Gasteiger partial charge in [-0.1, -0.05) is 35.9 Å². The summed E-state index contributed by atoms with van der Waals surface area (Å²) in [7, 11) is 0. The Bertz CT molecular complexity index is 1330. The number of nitrogens with zero attached hydrogens (tertiary/aromatic N) is 4. The van der Waals surface area contributed by atoms with Crippen molar-refractivity contribution < 1.29 is 9.21 Å². The fourth-order valence-electron chi connectivity index (χ4n) is 4.20. The number of hydrogen-bond donors (Lipinski definition) is 0. The van der Waals surface area contributed by atoms with E-state index in [0.717, 1.165) is 36.5 Å². The molecule has 1 amide bonds. The normalized spacial score (nSPS) is 15.3. The highest BCUT2D eigenvalue weighted by Gasteiger charge is 2.21. The smallest absolute Gasteiger partial charge is 0.297 e. The molecule has 0 unspecified atom stereocenters. The number of amides is 1. The van der Waals surface area contributed by atoms with Gasteiger partial charge in [0.2, 0.25) is 11.5 Å². The van der Waals surface area contributed by atoms with Gasteiger partial charge in [0, 0.05) is 43.1 Å². The van der Waals surface area contributed by atoms with E-state index in [1.54, 1.807) is 6.07 Å². The number of hydrogen-bond acceptors (Lipinski definition) is 5. The lowest BCUT2D eigenvalue weighted by atomic mass is 10.2. The van der Waals surface area contributed by atoms with E-state index >= 15 is 0 Å². The summed E-state index contributed by atoms with van der Waals surface area (Å²) in [6.07, 6.45) is 2.32. The molecule has 7 nitrogen and oxygen atoms in total. The number of carbonyl (C=O) groups excluding carboxylic acids is 1. The summed E-state index contributed by atoms with van der Waals surface area (Å²) in [6.45, 7) is 3.77. The van der Waals surface area contributed by atoms with Crippen molar-refractivity contribution in [3.05, 3.63) is 75.8 Å². The van der Waals surface area contributed by atoms with Crippen LogP contribution in [0.3, 0.4) is 0 Å². The van der Waals surface area contributed by atoms with Gasteiger partial charge in [0.05, 0.1) is 6.33 Å². The molecule has 1 fully saturated rings. The number of furan rings is 1. The first-order chi connectivity index (χ1) is 15.6. The standard InChI is InChI=1S/C24H23ClN4O3/c25-18-8-6-17(7-9-18)14-27-10-3-11-28(13-12-27)21(30)15-29-16-26-22-19-4-1-2-5-20(19)32-23(22)24(29)31/h1-2,4-9,16H,3,10-15H2. The van der Waals surface area contributed by atoms with E-state index in [9.17, 15) is 9.59 Å². The van der Waals surface area contributed by atoms with Gasteiger partial charge in [0.15, 0.2) is 0 Å². The van der Waals surface area contributed by atoms with Crippen molar-refractivity contribution in [2.75, 3.05) is 26.2 Å². The topological polar surface area (TPSA) is 71.6 Å². The van der Waals surface area contributed by atoms with Crippen molar-refractivity contribution in [1.82, 2.24) is 19.4 Å². The minimum absolute atomic E-state index is 0.0456. The number of carbonyl (C=O) groups is 1. The Morgan fingerprint density at radius 1 is 1.03 bits per heavy atom. The van der Waals surface area contributed by atoms with Crippen LogP contribution >= 0.6 is 11.6 Å². The third kappa shape index (κ3) is 4.13. The van der Waals surface area contributed by atoms with Gasteiger partial charge in [-0.05, 0) is 36.2 Å². The molecular weight excluding hydrogens is 428 g/mol. The Morgan fingerprint density at radius 3 is 2.69 bits per heavy atom. The summed E-state index contributed by atoms with van der Waals surface area (Å²) in [5.41, 5.74) is 2.20. The number of rotatable bonds is 4. The van der Waals surface area contributed by atoms with E-state index in [-0.39, 0.29) is 23.6 Å². The van der Waals surface area contributed by atoms with Gasteiger partial charge < -0.3 is 9.32 Å². The monoisotopic (exact) mass is 450 g/mol. The van der Waals surface area contributed by atoms with Crippen LogP contribution in [0.4, 0.5) is 0 Å². The van der Waals surface area contributed by atoms with E-state index in [1.165, 1.54) is 16.5 Å². The number of benzene rings is 2. The molecule has 2 aromatic carbocycles. The number of aromatic nitrogens is 2. The highest BCUT2D eigenvalue weighted by Crippen LogP contribution is 2.24. The Balaban J connectivity index is 1.27. The number of halogens is 1. The number of para-hydroxylation sites is 1. The van der Waals surface area contributed by atoms with E-state index in [4.69, 9.17) is 16.0 Å². The average Bonchev–Trinajstić information content (AvgIpc) is 3.02. The average molecular weight is 451 g/mol. The van der Waals surface area contributed by atoms with Gasteiger partial charge in [-0.15, -0.1) is 0 Å². The minimum Gasteiger partial charge on any atom is -0.448 e. The summed E-state index contributed by atoms with van der Waals surface area (Å²) < 4.78 is 7.05. The molecular formula is C24H23ClN4O3. The maximum absolute atomic E-state index is 13.0. The maximum atomic E-state index is 13.0. The third-order valence-corrected chi connectivity index (χ3v) is 6.17. The zero-order valence-corrected chi connectivity index (χ0v) is 18.3. The van der Waals surface area contributed by atoms with Crippen LogP contribution in [0.25, 0.3) is 22.1 Å².